The van der Waals surface area contributed by atoms with Gasteiger partial charge in [0.15, 0.2) is 0 Å². The minimum absolute atomic E-state index is 0.255. The summed E-state index contributed by atoms with van der Waals surface area (Å²) in [6.07, 6.45) is -4.63. The Morgan fingerprint density at radius 2 is 1.68 bits per heavy atom. The summed E-state index contributed by atoms with van der Waals surface area (Å²) in [5.74, 6) is -1.85. The van der Waals surface area contributed by atoms with E-state index in [9.17, 15) is 22.0 Å². The SMILES string of the molecule is Fc1ccc(-c2cc(C(F)(F)F)cc(Cl)n2)c(F)c1. The van der Waals surface area contributed by atoms with E-state index in [1.165, 1.54) is 0 Å². The smallest absolute Gasteiger partial charge is 0.236 e. The zero-order valence-electron chi connectivity index (χ0n) is 9.10. The molecule has 1 heterocycles. The van der Waals surface area contributed by atoms with Gasteiger partial charge in [0.25, 0.3) is 0 Å². The van der Waals surface area contributed by atoms with E-state index in [0.29, 0.717) is 18.2 Å². The predicted octanol–water partition coefficient (Wildman–Crippen LogP) is 4.70. The molecule has 0 fully saturated rings. The second-order valence-corrected chi connectivity index (χ2v) is 4.07. The molecule has 0 aliphatic carbocycles. The molecule has 19 heavy (non-hydrogen) atoms. The minimum Gasteiger partial charge on any atom is -0.236 e. The number of hydrogen-bond acceptors (Lipinski definition) is 1. The van der Waals surface area contributed by atoms with Crippen LogP contribution in [0.1, 0.15) is 5.56 Å². The van der Waals surface area contributed by atoms with Crippen LogP contribution in [0.15, 0.2) is 30.3 Å². The molecule has 0 radical (unpaired) electrons. The summed E-state index contributed by atoms with van der Waals surface area (Å²) in [6, 6.07) is 3.78. The number of hydrogen-bond donors (Lipinski definition) is 0. The molecule has 0 bridgehead atoms. The Balaban J connectivity index is 2.59. The number of benzene rings is 1. The van der Waals surface area contributed by atoms with Crippen LogP contribution in [-0.2, 0) is 6.18 Å². The first-order chi connectivity index (χ1) is 8.77. The van der Waals surface area contributed by atoms with Crippen molar-refractivity contribution in [2.75, 3.05) is 0 Å². The monoisotopic (exact) mass is 293 g/mol. The van der Waals surface area contributed by atoms with Gasteiger partial charge in [-0.15, -0.1) is 0 Å². The molecule has 0 unspecified atom stereocenters. The molecule has 1 aromatic carbocycles. The highest BCUT2D eigenvalue weighted by atomic mass is 35.5. The standard InChI is InChI=1S/C12H5ClF5N/c13-11-4-6(12(16,17)18)3-10(19-11)8-2-1-7(14)5-9(8)15/h1-5H. The molecule has 0 saturated heterocycles. The van der Waals surface area contributed by atoms with Crippen molar-refractivity contribution in [1.82, 2.24) is 4.98 Å². The quantitative estimate of drug-likeness (QED) is 0.548. The van der Waals surface area contributed by atoms with E-state index < -0.39 is 28.5 Å². The summed E-state index contributed by atoms with van der Waals surface area (Å²) in [4.78, 5) is 3.61. The average molecular weight is 294 g/mol. The summed E-state index contributed by atoms with van der Waals surface area (Å²) in [7, 11) is 0. The van der Waals surface area contributed by atoms with Gasteiger partial charge in [0.2, 0.25) is 0 Å². The third-order valence-electron chi connectivity index (χ3n) is 2.33. The molecule has 100 valence electrons. The maximum Gasteiger partial charge on any atom is 0.416 e. The topological polar surface area (TPSA) is 12.9 Å². The van der Waals surface area contributed by atoms with Crippen LogP contribution in [0.4, 0.5) is 22.0 Å². The summed E-state index contributed by atoms with van der Waals surface area (Å²) in [6.45, 7) is 0. The van der Waals surface area contributed by atoms with Crippen LogP contribution in [0, 0.1) is 11.6 Å². The molecule has 0 atom stereocenters. The molecule has 7 heteroatoms. The molecule has 0 amide bonds. The van der Waals surface area contributed by atoms with Crippen LogP contribution in [0.3, 0.4) is 0 Å². The van der Waals surface area contributed by atoms with Gasteiger partial charge in [0, 0.05) is 11.6 Å². The van der Waals surface area contributed by atoms with E-state index in [1.54, 1.807) is 0 Å². The predicted molar refractivity (Wildman–Crippen MR) is 59.6 cm³/mol. The molecule has 1 nitrogen and oxygen atoms in total. The van der Waals surface area contributed by atoms with E-state index in [2.05, 4.69) is 4.98 Å². The van der Waals surface area contributed by atoms with E-state index in [1.807, 2.05) is 0 Å². The largest absolute Gasteiger partial charge is 0.416 e. The van der Waals surface area contributed by atoms with Crippen molar-refractivity contribution >= 4 is 11.6 Å². The molecular formula is C12H5ClF5N. The van der Waals surface area contributed by atoms with Gasteiger partial charge in [0.05, 0.1) is 11.3 Å². The van der Waals surface area contributed by atoms with Gasteiger partial charge >= 0.3 is 6.18 Å². The third-order valence-corrected chi connectivity index (χ3v) is 2.52. The van der Waals surface area contributed by atoms with E-state index in [-0.39, 0.29) is 11.3 Å². The minimum atomic E-state index is -4.63. The number of aromatic nitrogens is 1. The summed E-state index contributed by atoms with van der Waals surface area (Å²) >= 11 is 5.48. The summed E-state index contributed by atoms with van der Waals surface area (Å²) < 4.78 is 64.0. The molecule has 0 spiro atoms. The van der Waals surface area contributed by atoms with Crippen LogP contribution in [0.5, 0.6) is 0 Å². The Bertz CT molecular complexity index is 624. The van der Waals surface area contributed by atoms with E-state index in [4.69, 9.17) is 11.6 Å². The first kappa shape index (κ1) is 13.7. The molecular weight excluding hydrogens is 289 g/mol. The van der Waals surface area contributed by atoms with Gasteiger partial charge in [-0.3, -0.25) is 0 Å². The number of alkyl halides is 3. The van der Waals surface area contributed by atoms with Crippen LogP contribution in [-0.4, -0.2) is 4.98 Å². The highest BCUT2D eigenvalue weighted by Crippen LogP contribution is 2.33. The van der Waals surface area contributed by atoms with Gasteiger partial charge < -0.3 is 0 Å². The second-order valence-electron chi connectivity index (χ2n) is 3.69. The molecule has 0 N–H and O–H groups in total. The maximum atomic E-state index is 13.5. The number of nitrogens with zero attached hydrogens (tertiary/aromatic N) is 1. The lowest BCUT2D eigenvalue weighted by atomic mass is 10.1. The first-order valence-corrected chi connectivity index (χ1v) is 5.35. The second kappa shape index (κ2) is 4.77. The van der Waals surface area contributed by atoms with Gasteiger partial charge in [-0.1, -0.05) is 11.6 Å². The van der Waals surface area contributed by atoms with Crippen molar-refractivity contribution in [2.45, 2.75) is 6.18 Å². The Morgan fingerprint density at radius 1 is 1.00 bits per heavy atom. The lowest BCUT2D eigenvalue weighted by molar-refractivity contribution is -0.137. The Kier molecular flexibility index (Phi) is 3.45. The fraction of sp³-hybridized carbons (Fsp3) is 0.0833. The highest BCUT2D eigenvalue weighted by molar-refractivity contribution is 6.29. The normalized spacial score (nSPS) is 11.7. The lowest BCUT2D eigenvalue weighted by Crippen LogP contribution is -2.06. The number of halogens is 6. The van der Waals surface area contributed by atoms with E-state index >= 15 is 0 Å². The van der Waals surface area contributed by atoms with Crippen molar-refractivity contribution in [3.8, 4) is 11.3 Å². The van der Waals surface area contributed by atoms with Crippen molar-refractivity contribution in [2.24, 2.45) is 0 Å². The van der Waals surface area contributed by atoms with Gasteiger partial charge in [-0.05, 0) is 24.3 Å². The molecule has 0 aliphatic heterocycles. The average Bonchev–Trinajstić information content (AvgIpc) is 2.26. The zero-order chi connectivity index (χ0) is 14.2. The fourth-order valence-electron chi connectivity index (χ4n) is 1.50. The summed E-state index contributed by atoms with van der Waals surface area (Å²) in [5, 5.41) is -0.423. The van der Waals surface area contributed by atoms with Crippen LogP contribution in [0.25, 0.3) is 11.3 Å². The van der Waals surface area contributed by atoms with Gasteiger partial charge in [-0.25, -0.2) is 13.8 Å². The molecule has 0 aliphatic rings. The van der Waals surface area contributed by atoms with Crippen LogP contribution >= 0.6 is 11.6 Å². The third kappa shape index (κ3) is 3.01. The summed E-state index contributed by atoms with van der Waals surface area (Å²) in [5.41, 5.74) is -1.61. The van der Waals surface area contributed by atoms with Gasteiger partial charge in [0.1, 0.15) is 16.8 Å². The van der Waals surface area contributed by atoms with Crippen molar-refractivity contribution in [3.05, 3.63) is 52.7 Å². The Morgan fingerprint density at radius 3 is 2.26 bits per heavy atom. The van der Waals surface area contributed by atoms with Gasteiger partial charge in [-0.2, -0.15) is 13.2 Å². The fourth-order valence-corrected chi connectivity index (χ4v) is 1.70. The van der Waals surface area contributed by atoms with Crippen molar-refractivity contribution in [1.29, 1.82) is 0 Å². The van der Waals surface area contributed by atoms with E-state index in [0.717, 1.165) is 12.1 Å². The highest BCUT2D eigenvalue weighted by Gasteiger charge is 2.31. The molecule has 2 aromatic rings. The number of rotatable bonds is 1. The zero-order valence-corrected chi connectivity index (χ0v) is 9.86. The Hall–Kier alpha value is -1.69. The number of pyridine rings is 1. The molecule has 1 aromatic heterocycles. The van der Waals surface area contributed by atoms with Crippen molar-refractivity contribution < 1.29 is 22.0 Å². The Labute approximate surface area is 109 Å². The first-order valence-electron chi connectivity index (χ1n) is 4.97. The molecule has 2 rings (SSSR count). The van der Waals surface area contributed by atoms with Crippen molar-refractivity contribution in [3.63, 3.8) is 0 Å². The van der Waals surface area contributed by atoms with Crippen LogP contribution in [0.2, 0.25) is 5.15 Å². The molecule has 0 saturated carbocycles. The maximum absolute atomic E-state index is 13.5. The van der Waals surface area contributed by atoms with Crippen LogP contribution < -0.4 is 0 Å². The lowest BCUT2D eigenvalue weighted by Gasteiger charge is -2.09.